The van der Waals surface area contributed by atoms with Crippen molar-refractivity contribution in [3.8, 4) is 0 Å². The summed E-state index contributed by atoms with van der Waals surface area (Å²) >= 11 is 0. The molecule has 2 amide bonds. The Balaban J connectivity index is 1.60. The molecule has 0 heterocycles. The number of carbonyl (C=O) groups is 2. The lowest BCUT2D eigenvalue weighted by Gasteiger charge is -2.16. The first-order valence-electron chi connectivity index (χ1n) is 9.10. The van der Waals surface area contributed by atoms with E-state index in [4.69, 9.17) is 0 Å². The summed E-state index contributed by atoms with van der Waals surface area (Å²) in [7, 11) is 0. The van der Waals surface area contributed by atoms with Crippen LogP contribution in [0.25, 0.3) is 0 Å². The summed E-state index contributed by atoms with van der Waals surface area (Å²) in [6, 6.07) is 12.5. The van der Waals surface area contributed by atoms with Crippen LogP contribution in [0.4, 0.5) is 10.1 Å². The van der Waals surface area contributed by atoms with E-state index in [-0.39, 0.29) is 17.9 Å². The minimum absolute atomic E-state index is 0.103. The normalized spacial score (nSPS) is 15.1. The van der Waals surface area contributed by atoms with E-state index >= 15 is 0 Å². The van der Waals surface area contributed by atoms with Crippen molar-refractivity contribution in [1.29, 1.82) is 0 Å². The maximum atomic E-state index is 13.2. The van der Waals surface area contributed by atoms with E-state index in [0.717, 1.165) is 25.7 Å². The van der Waals surface area contributed by atoms with Crippen molar-refractivity contribution in [2.45, 2.75) is 44.6 Å². The van der Waals surface area contributed by atoms with Crippen LogP contribution in [0.1, 0.15) is 59.2 Å². The number of hydrogen-bond donors (Lipinski definition) is 2. The van der Waals surface area contributed by atoms with Crippen LogP contribution in [0, 0.1) is 5.82 Å². The highest BCUT2D eigenvalue weighted by molar-refractivity contribution is 6.05. The maximum absolute atomic E-state index is 13.2. The number of anilines is 1. The Morgan fingerprint density at radius 2 is 1.46 bits per heavy atom. The third kappa shape index (κ3) is 4.91. The van der Waals surface area contributed by atoms with Crippen molar-refractivity contribution in [3.05, 3.63) is 65.5 Å². The number of hydrogen-bond acceptors (Lipinski definition) is 2. The molecule has 0 saturated heterocycles. The molecule has 3 rings (SSSR count). The molecular weight excluding hydrogens is 331 g/mol. The molecule has 0 bridgehead atoms. The first kappa shape index (κ1) is 18.1. The van der Waals surface area contributed by atoms with Gasteiger partial charge in [-0.25, -0.2) is 4.39 Å². The van der Waals surface area contributed by atoms with Gasteiger partial charge in [-0.2, -0.15) is 0 Å². The van der Waals surface area contributed by atoms with Crippen LogP contribution >= 0.6 is 0 Å². The molecular formula is C21H23FN2O2. The van der Waals surface area contributed by atoms with Crippen LogP contribution < -0.4 is 10.6 Å². The van der Waals surface area contributed by atoms with Crippen LogP contribution in [0.3, 0.4) is 0 Å². The molecule has 0 spiro atoms. The van der Waals surface area contributed by atoms with Gasteiger partial charge >= 0.3 is 0 Å². The monoisotopic (exact) mass is 354 g/mol. The summed E-state index contributed by atoms with van der Waals surface area (Å²) in [5.41, 5.74) is 1.35. The average molecular weight is 354 g/mol. The van der Waals surface area contributed by atoms with E-state index < -0.39 is 5.82 Å². The molecule has 0 atom stereocenters. The molecule has 1 aliphatic carbocycles. The Morgan fingerprint density at radius 3 is 2.08 bits per heavy atom. The second-order valence-corrected chi connectivity index (χ2v) is 6.70. The second-order valence-electron chi connectivity index (χ2n) is 6.70. The summed E-state index contributed by atoms with van der Waals surface area (Å²) in [5, 5.41) is 5.73. The number of rotatable bonds is 4. The molecule has 2 aromatic rings. The van der Waals surface area contributed by atoms with Crippen molar-refractivity contribution in [2.75, 3.05) is 5.32 Å². The van der Waals surface area contributed by atoms with Crippen molar-refractivity contribution < 1.29 is 14.0 Å². The number of halogens is 1. The molecule has 0 radical (unpaired) electrons. The van der Waals surface area contributed by atoms with Crippen LogP contribution in [-0.2, 0) is 0 Å². The van der Waals surface area contributed by atoms with Gasteiger partial charge in [-0.15, -0.1) is 0 Å². The van der Waals surface area contributed by atoms with Crippen LogP contribution in [0.15, 0.2) is 48.5 Å². The summed E-state index contributed by atoms with van der Waals surface area (Å²) < 4.78 is 13.2. The van der Waals surface area contributed by atoms with Crippen LogP contribution in [0.5, 0.6) is 0 Å². The highest BCUT2D eigenvalue weighted by Gasteiger charge is 2.16. The summed E-state index contributed by atoms with van der Waals surface area (Å²) in [6.45, 7) is 0. The summed E-state index contributed by atoms with van der Waals surface area (Å²) in [5.74, 6) is -0.853. The molecule has 1 fully saturated rings. The van der Waals surface area contributed by atoms with Crippen molar-refractivity contribution >= 4 is 17.5 Å². The summed E-state index contributed by atoms with van der Waals surface area (Å²) in [6.07, 6.45) is 6.84. The largest absolute Gasteiger partial charge is 0.349 e. The molecule has 1 saturated carbocycles. The van der Waals surface area contributed by atoms with Gasteiger partial charge in [0, 0.05) is 22.9 Å². The molecule has 0 aliphatic heterocycles. The van der Waals surface area contributed by atoms with Crippen LogP contribution in [-0.4, -0.2) is 17.9 Å². The van der Waals surface area contributed by atoms with Crippen LogP contribution in [0.2, 0.25) is 0 Å². The Labute approximate surface area is 152 Å². The van der Waals surface area contributed by atoms with E-state index in [1.165, 1.54) is 31.0 Å². The topological polar surface area (TPSA) is 58.2 Å². The fourth-order valence-electron chi connectivity index (χ4n) is 3.23. The Kier molecular flexibility index (Phi) is 6.00. The van der Waals surface area contributed by atoms with Crippen molar-refractivity contribution in [1.82, 2.24) is 5.32 Å². The van der Waals surface area contributed by atoms with E-state index in [1.54, 1.807) is 30.3 Å². The Bertz CT molecular complexity index is 766. The second kappa shape index (κ2) is 8.61. The fraction of sp³-hybridized carbons (Fsp3) is 0.333. The number of amides is 2. The summed E-state index contributed by atoms with van der Waals surface area (Å²) in [4.78, 5) is 24.6. The zero-order chi connectivity index (χ0) is 18.4. The van der Waals surface area contributed by atoms with Gasteiger partial charge in [0.15, 0.2) is 0 Å². The first-order chi connectivity index (χ1) is 12.6. The smallest absolute Gasteiger partial charge is 0.255 e. The molecule has 2 N–H and O–H groups in total. The highest BCUT2D eigenvalue weighted by Crippen LogP contribution is 2.18. The van der Waals surface area contributed by atoms with Crippen molar-refractivity contribution in [3.63, 3.8) is 0 Å². The third-order valence-corrected chi connectivity index (χ3v) is 4.68. The lowest BCUT2D eigenvalue weighted by Crippen LogP contribution is -2.34. The average Bonchev–Trinajstić information content (AvgIpc) is 2.90. The van der Waals surface area contributed by atoms with Crippen molar-refractivity contribution in [2.24, 2.45) is 0 Å². The zero-order valence-electron chi connectivity index (χ0n) is 14.6. The molecule has 5 heteroatoms. The molecule has 0 unspecified atom stereocenters. The molecule has 136 valence electrons. The Morgan fingerprint density at radius 1 is 0.846 bits per heavy atom. The highest BCUT2D eigenvalue weighted by atomic mass is 19.1. The first-order valence-corrected chi connectivity index (χ1v) is 9.10. The molecule has 26 heavy (non-hydrogen) atoms. The maximum Gasteiger partial charge on any atom is 0.255 e. The predicted molar refractivity (Wildman–Crippen MR) is 99.8 cm³/mol. The number of nitrogens with one attached hydrogen (secondary N) is 2. The van der Waals surface area contributed by atoms with Gasteiger partial charge in [0.1, 0.15) is 5.82 Å². The third-order valence-electron chi connectivity index (χ3n) is 4.68. The molecule has 0 aromatic heterocycles. The predicted octanol–water partition coefficient (Wildman–Crippen LogP) is 4.53. The van der Waals surface area contributed by atoms with Gasteiger partial charge in [-0.05, 0) is 55.3 Å². The van der Waals surface area contributed by atoms with Gasteiger partial charge in [0.2, 0.25) is 0 Å². The van der Waals surface area contributed by atoms with E-state index in [1.807, 2.05) is 0 Å². The standard InChI is InChI=1S/C21H23FN2O2/c22-17-6-5-9-19(14-17)24-21(26)16-12-10-15(11-13-16)20(25)23-18-7-3-1-2-4-8-18/h5-6,9-14,18H,1-4,7-8H2,(H,23,25)(H,24,26). The SMILES string of the molecule is O=C(Nc1cccc(F)c1)c1ccc(C(=O)NC2CCCCCC2)cc1. The molecule has 4 nitrogen and oxygen atoms in total. The molecule has 1 aliphatic rings. The zero-order valence-corrected chi connectivity index (χ0v) is 14.6. The fourth-order valence-corrected chi connectivity index (χ4v) is 3.23. The quantitative estimate of drug-likeness (QED) is 0.793. The Hall–Kier alpha value is -2.69. The van der Waals surface area contributed by atoms with Gasteiger partial charge in [-0.1, -0.05) is 31.7 Å². The van der Waals surface area contributed by atoms with E-state index in [2.05, 4.69) is 10.6 Å². The minimum Gasteiger partial charge on any atom is -0.349 e. The van der Waals surface area contributed by atoms with Gasteiger partial charge < -0.3 is 10.6 Å². The van der Waals surface area contributed by atoms with E-state index in [9.17, 15) is 14.0 Å². The van der Waals surface area contributed by atoms with Gasteiger partial charge in [-0.3, -0.25) is 9.59 Å². The number of benzene rings is 2. The minimum atomic E-state index is -0.409. The lowest BCUT2D eigenvalue weighted by molar-refractivity contribution is 0.0932. The lowest BCUT2D eigenvalue weighted by atomic mass is 10.1. The van der Waals surface area contributed by atoms with Gasteiger partial charge in [0.05, 0.1) is 0 Å². The molecule has 2 aromatic carbocycles. The number of carbonyl (C=O) groups excluding carboxylic acids is 2. The van der Waals surface area contributed by atoms with Gasteiger partial charge in [0.25, 0.3) is 11.8 Å². The van der Waals surface area contributed by atoms with E-state index in [0.29, 0.717) is 16.8 Å².